The van der Waals surface area contributed by atoms with Gasteiger partial charge in [0.2, 0.25) is 0 Å². The Bertz CT molecular complexity index is 2860. The highest BCUT2D eigenvalue weighted by Gasteiger charge is 2.53. The van der Waals surface area contributed by atoms with Crippen molar-refractivity contribution >= 4 is 39.0 Å². The first-order chi connectivity index (χ1) is 26.5. The number of hydrogen-bond donors (Lipinski definition) is 0. The third kappa shape index (κ3) is 4.17. The summed E-state index contributed by atoms with van der Waals surface area (Å²) in [5.41, 5.74) is 17.7. The topological polar surface area (TPSA) is 16.4 Å². The van der Waals surface area contributed by atoms with E-state index in [0.29, 0.717) is 0 Å². The Labute approximate surface area is 315 Å². The molecule has 256 valence electrons. The van der Waals surface area contributed by atoms with Gasteiger partial charge >= 0.3 is 0 Å². The van der Waals surface area contributed by atoms with E-state index >= 15 is 0 Å². The lowest BCUT2D eigenvalue weighted by Crippen LogP contribution is -2.40. The summed E-state index contributed by atoms with van der Waals surface area (Å²) in [5, 5.41) is 2.24. The second-order valence-corrected chi connectivity index (χ2v) is 15.2. The van der Waals surface area contributed by atoms with Crippen LogP contribution >= 0.6 is 0 Å². The molecule has 0 aliphatic heterocycles. The molecule has 0 bridgehead atoms. The molecule has 0 N–H and O–H groups in total. The first-order valence-electron chi connectivity index (χ1n) is 18.9. The normalized spacial score (nSPS) is 14.4. The highest BCUT2D eigenvalue weighted by molar-refractivity contribution is 6.10. The third-order valence-electron chi connectivity index (χ3n) is 12.2. The predicted molar refractivity (Wildman–Crippen MR) is 223 cm³/mol. The number of fused-ring (bicyclic) bond motifs is 12. The molecule has 0 amide bonds. The Morgan fingerprint density at radius 1 is 0.407 bits per heavy atom. The Balaban J connectivity index is 1.08. The van der Waals surface area contributed by atoms with E-state index in [1.807, 2.05) is 12.1 Å². The molecule has 11 rings (SSSR count). The average Bonchev–Trinajstić information content (AvgIpc) is 3.75. The largest absolute Gasteiger partial charge is 0.454 e. The van der Waals surface area contributed by atoms with E-state index < -0.39 is 5.41 Å². The lowest BCUT2D eigenvalue weighted by atomic mass is 9.55. The average molecular weight is 692 g/mol. The number of furan rings is 1. The maximum atomic E-state index is 6.55. The van der Waals surface area contributed by atoms with Crippen LogP contribution in [-0.4, -0.2) is 0 Å². The van der Waals surface area contributed by atoms with Crippen molar-refractivity contribution in [2.24, 2.45) is 0 Å². The van der Waals surface area contributed by atoms with Gasteiger partial charge in [-0.3, -0.25) is 0 Å². The second kappa shape index (κ2) is 11.4. The van der Waals surface area contributed by atoms with E-state index in [1.165, 1.54) is 55.6 Å². The fourth-order valence-corrected chi connectivity index (χ4v) is 9.76. The summed E-state index contributed by atoms with van der Waals surface area (Å²) in [6, 6.07) is 68.8. The molecular formula is C52H37NO. The molecule has 0 atom stereocenters. The van der Waals surface area contributed by atoms with Crippen molar-refractivity contribution in [3.05, 3.63) is 221 Å². The van der Waals surface area contributed by atoms with E-state index in [-0.39, 0.29) is 5.41 Å². The smallest absolute Gasteiger partial charge is 0.159 e. The van der Waals surface area contributed by atoms with Gasteiger partial charge in [-0.05, 0) is 98.1 Å². The van der Waals surface area contributed by atoms with Crippen LogP contribution in [0.1, 0.15) is 47.2 Å². The van der Waals surface area contributed by atoms with Gasteiger partial charge in [0.25, 0.3) is 0 Å². The summed E-state index contributed by atoms with van der Waals surface area (Å²) >= 11 is 0. The third-order valence-corrected chi connectivity index (χ3v) is 12.2. The molecule has 1 spiro atoms. The van der Waals surface area contributed by atoms with Crippen molar-refractivity contribution in [3.8, 4) is 22.3 Å². The lowest BCUT2D eigenvalue weighted by molar-refractivity contribution is 0.563. The van der Waals surface area contributed by atoms with E-state index in [0.717, 1.165) is 39.0 Å². The van der Waals surface area contributed by atoms with Gasteiger partial charge < -0.3 is 9.32 Å². The molecule has 8 aromatic carbocycles. The number of anilines is 3. The van der Waals surface area contributed by atoms with Crippen LogP contribution in [0.5, 0.6) is 0 Å². The molecule has 9 aromatic rings. The molecule has 1 heterocycles. The van der Waals surface area contributed by atoms with E-state index in [1.54, 1.807) is 0 Å². The van der Waals surface area contributed by atoms with Crippen LogP contribution in [0.15, 0.2) is 192 Å². The van der Waals surface area contributed by atoms with E-state index in [4.69, 9.17) is 4.42 Å². The van der Waals surface area contributed by atoms with Gasteiger partial charge in [-0.2, -0.15) is 0 Å². The Hall–Kier alpha value is -6.64. The second-order valence-electron chi connectivity index (χ2n) is 15.2. The van der Waals surface area contributed by atoms with Crippen molar-refractivity contribution < 1.29 is 4.42 Å². The predicted octanol–water partition coefficient (Wildman–Crippen LogP) is 13.7. The number of nitrogens with zero attached hydrogens (tertiary/aromatic N) is 1. The van der Waals surface area contributed by atoms with Crippen LogP contribution < -0.4 is 4.90 Å². The molecule has 0 saturated heterocycles. The van der Waals surface area contributed by atoms with E-state index in [2.05, 4.69) is 195 Å². The van der Waals surface area contributed by atoms with Gasteiger partial charge in [-0.15, -0.1) is 0 Å². The van der Waals surface area contributed by atoms with Gasteiger partial charge in [0.05, 0.1) is 11.1 Å². The Kier molecular flexibility index (Phi) is 6.55. The van der Waals surface area contributed by atoms with Gasteiger partial charge in [-0.25, -0.2) is 0 Å². The molecule has 2 aliphatic carbocycles. The summed E-state index contributed by atoms with van der Waals surface area (Å²) in [4.78, 5) is 2.31. The van der Waals surface area contributed by atoms with Crippen LogP contribution in [0.25, 0.3) is 44.2 Å². The Morgan fingerprint density at radius 2 is 0.963 bits per heavy atom. The first kappa shape index (κ1) is 30.9. The van der Waals surface area contributed by atoms with Gasteiger partial charge in [0.1, 0.15) is 5.58 Å². The highest BCUT2D eigenvalue weighted by Crippen LogP contribution is 2.62. The monoisotopic (exact) mass is 691 g/mol. The molecule has 2 heteroatoms. The molecule has 54 heavy (non-hydrogen) atoms. The minimum Gasteiger partial charge on any atom is -0.454 e. The minimum atomic E-state index is -0.417. The maximum absolute atomic E-state index is 6.55. The molecule has 2 aliphatic rings. The minimum absolute atomic E-state index is 0.124. The fourth-order valence-electron chi connectivity index (χ4n) is 9.76. The Morgan fingerprint density at radius 3 is 1.70 bits per heavy atom. The molecule has 0 saturated carbocycles. The number of benzene rings is 8. The van der Waals surface area contributed by atoms with Crippen molar-refractivity contribution in [3.63, 3.8) is 0 Å². The molecule has 1 aromatic heterocycles. The van der Waals surface area contributed by atoms with Crippen molar-refractivity contribution in [1.29, 1.82) is 0 Å². The number of para-hydroxylation sites is 3. The molecule has 0 fully saturated rings. The summed E-state index contributed by atoms with van der Waals surface area (Å²) < 4.78 is 6.55. The van der Waals surface area contributed by atoms with Crippen molar-refractivity contribution in [2.75, 3.05) is 4.90 Å². The number of rotatable bonds is 4. The zero-order chi connectivity index (χ0) is 36.0. The quantitative estimate of drug-likeness (QED) is 0.183. The SMILES string of the molecule is CC1(C)c2ccccc2C2(c3ccccc3-c3ccc(-c4ccc(N(c5ccccc5)c5cccc6c5oc5ccccc56)cc4)cc32)c2ccccc21. The summed E-state index contributed by atoms with van der Waals surface area (Å²) in [7, 11) is 0. The summed E-state index contributed by atoms with van der Waals surface area (Å²) in [6.45, 7) is 4.76. The highest BCUT2D eigenvalue weighted by atomic mass is 16.3. The van der Waals surface area contributed by atoms with Crippen LogP contribution in [0.3, 0.4) is 0 Å². The van der Waals surface area contributed by atoms with Crippen molar-refractivity contribution in [1.82, 2.24) is 0 Å². The molecule has 2 nitrogen and oxygen atoms in total. The van der Waals surface area contributed by atoms with E-state index in [9.17, 15) is 0 Å². The lowest BCUT2D eigenvalue weighted by Gasteiger charge is -2.46. The zero-order valence-corrected chi connectivity index (χ0v) is 30.3. The first-order valence-corrected chi connectivity index (χ1v) is 18.9. The van der Waals surface area contributed by atoms with Gasteiger partial charge in [0.15, 0.2) is 5.58 Å². The summed E-state index contributed by atoms with van der Waals surface area (Å²) in [6.07, 6.45) is 0. The molecule has 0 unspecified atom stereocenters. The standard InChI is InChI=1S/C52H37NO/c1-51(2)43-21-9-11-23-45(43)52(46-24-12-10-22-44(46)51)42-20-8-6-17-38(42)39-32-29-35(33-47(39)52)34-27-30-37(31-28-34)53(36-15-4-3-5-16-36)48-25-14-19-41-40-18-7-13-26-49(40)54-50(41)48/h3-33H,1-2H3. The van der Waals surface area contributed by atoms with Gasteiger partial charge in [0, 0.05) is 27.6 Å². The van der Waals surface area contributed by atoms with Crippen LogP contribution in [0.2, 0.25) is 0 Å². The van der Waals surface area contributed by atoms with Gasteiger partial charge in [-0.1, -0.05) is 159 Å². The van der Waals surface area contributed by atoms with Crippen LogP contribution in [-0.2, 0) is 10.8 Å². The summed E-state index contributed by atoms with van der Waals surface area (Å²) in [5.74, 6) is 0. The van der Waals surface area contributed by atoms with Crippen LogP contribution in [0, 0.1) is 0 Å². The fraction of sp³-hybridized carbons (Fsp3) is 0.0769. The molecular weight excluding hydrogens is 655 g/mol. The van der Waals surface area contributed by atoms with Crippen LogP contribution in [0.4, 0.5) is 17.1 Å². The maximum Gasteiger partial charge on any atom is 0.159 e. The zero-order valence-electron chi connectivity index (χ0n) is 30.3. The molecule has 0 radical (unpaired) electrons. The van der Waals surface area contributed by atoms with Crippen molar-refractivity contribution in [2.45, 2.75) is 24.7 Å². The number of hydrogen-bond acceptors (Lipinski definition) is 2.